The van der Waals surface area contributed by atoms with Crippen molar-refractivity contribution in [1.82, 2.24) is 14.7 Å². The summed E-state index contributed by atoms with van der Waals surface area (Å²) in [5.41, 5.74) is 0. The number of ether oxygens (including phenoxy) is 1. The van der Waals surface area contributed by atoms with Crippen LogP contribution in [-0.4, -0.2) is 128 Å². The van der Waals surface area contributed by atoms with E-state index in [1.807, 2.05) is 4.90 Å². The Hall–Kier alpha value is -1.69. The number of rotatable bonds is 5. The van der Waals surface area contributed by atoms with Crippen molar-refractivity contribution in [3.63, 3.8) is 0 Å². The fraction of sp³-hybridized carbons (Fsp3) is 0.800. The molecule has 26 heavy (non-hydrogen) atoms. The molecule has 1 unspecified atom stereocenters. The minimum absolute atomic E-state index is 0.0685. The minimum Gasteiger partial charge on any atom is -0.483 e. The predicted molar refractivity (Wildman–Crippen MR) is 95.8 cm³/mol. The third-order valence-corrected chi connectivity index (χ3v) is 3.94. The van der Waals surface area contributed by atoms with Crippen LogP contribution in [-0.2, 0) is 19.1 Å². The second-order valence-electron chi connectivity index (χ2n) is 5.80. The van der Waals surface area contributed by atoms with Crippen molar-refractivity contribution >= 4 is 26.3 Å². The summed E-state index contributed by atoms with van der Waals surface area (Å²) in [6, 6.07) is 0. The Bertz CT molecular complexity index is 428. The Morgan fingerprint density at radius 2 is 1.62 bits per heavy atom. The highest BCUT2D eigenvalue weighted by Crippen LogP contribution is 2.03. The van der Waals surface area contributed by atoms with Gasteiger partial charge in [0, 0.05) is 32.7 Å². The molecule has 0 aromatic heterocycles. The first-order chi connectivity index (χ1) is 12.3. The van der Waals surface area contributed by atoms with Crippen LogP contribution in [0.25, 0.3) is 0 Å². The van der Waals surface area contributed by atoms with Crippen LogP contribution in [0.2, 0.25) is 0 Å². The van der Waals surface area contributed by atoms with Crippen LogP contribution in [0.4, 0.5) is 0 Å². The normalized spacial score (nSPS) is 21.5. The number of carbonyl (C=O) groups is 3. The molecule has 1 radical (unpaired) electrons. The maximum atomic E-state index is 11.1. The zero-order chi connectivity index (χ0) is 19.9. The van der Waals surface area contributed by atoms with Gasteiger partial charge >= 0.3 is 11.9 Å². The summed E-state index contributed by atoms with van der Waals surface area (Å²) in [5, 5.41) is 25.0. The molecular weight excluding hydrogens is 345 g/mol. The van der Waals surface area contributed by atoms with E-state index in [1.165, 1.54) is 0 Å². The van der Waals surface area contributed by atoms with Gasteiger partial charge in [-0.05, 0) is 12.5 Å². The first-order valence-corrected chi connectivity index (χ1v) is 8.45. The van der Waals surface area contributed by atoms with Crippen LogP contribution in [0.3, 0.4) is 0 Å². The van der Waals surface area contributed by atoms with Crippen LogP contribution in [0, 0.1) is 0 Å². The highest BCUT2D eigenvalue weighted by molar-refractivity contribution is 6.12. The second-order valence-corrected chi connectivity index (χ2v) is 5.80. The number of likely N-dealkylation sites (N-methyl/N-ethyl adjacent to an activating group) is 1. The van der Waals surface area contributed by atoms with Gasteiger partial charge in [-0.2, -0.15) is 0 Å². The fourth-order valence-corrected chi connectivity index (χ4v) is 2.59. The van der Waals surface area contributed by atoms with Crippen molar-refractivity contribution < 1.29 is 34.4 Å². The van der Waals surface area contributed by atoms with Gasteiger partial charge in [0.05, 0.1) is 26.3 Å². The van der Waals surface area contributed by atoms with Gasteiger partial charge in [-0.15, -0.1) is 0 Å². The highest BCUT2D eigenvalue weighted by Gasteiger charge is 2.21. The molecule has 1 aliphatic rings. The Labute approximate surface area is 154 Å². The molecular formula is C15H29BN3O7. The lowest BCUT2D eigenvalue weighted by molar-refractivity contribution is -0.140. The molecule has 11 heteroatoms. The molecule has 0 saturated carbocycles. The zero-order valence-electron chi connectivity index (χ0n) is 15.2. The van der Waals surface area contributed by atoms with Crippen molar-refractivity contribution in [2.45, 2.75) is 12.9 Å². The van der Waals surface area contributed by atoms with E-state index in [4.69, 9.17) is 24.9 Å². The number of carboxylic acid groups (broad SMARTS) is 3. The first-order valence-electron chi connectivity index (χ1n) is 8.45. The van der Waals surface area contributed by atoms with Gasteiger partial charge in [0.25, 0.3) is 6.47 Å². The quantitative estimate of drug-likeness (QED) is 0.368. The summed E-state index contributed by atoms with van der Waals surface area (Å²) >= 11 is 0. The topological polar surface area (TPSA) is 131 Å². The molecule has 1 fully saturated rings. The molecule has 1 saturated heterocycles. The van der Waals surface area contributed by atoms with Gasteiger partial charge in [-0.1, -0.05) is 6.92 Å². The van der Waals surface area contributed by atoms with Crippen LogP contribution < -0.4 is 0 Å². The van der Waals surface area contributed by atoms with Crippen molar-refractivity contribution in [3.8, 4) is 0 Å². The molecule has 1 heterocycles. The van der Waals surface area contributed by atoms with Crippen LogP contribution in [0.15, 0.2) is 0 Å². The molecule has 0 aromatic rings. The van der Waals surface area contributed by atoms with Gasteiger partial charge in [0.1, 0.15) is 7.85 Å². The van der Waals surface area contributed by atoms with Gasteiger partial charge in [0.2, 0.25) is 0 Å². The monoisotopic (exact) mass is 374 g/mol. The van der Waals surface area contributed by atoms with Crippen LogP contribution in [0.5, 0.6) is 0 Å². The molecule has 0 spiro atoms. The Morgan fingerprint density at radius 3 is 2.15 bits per heavy atom. The van der Waals surface area contributed by atoms with Crippen LogP contribution >= 0.6 is 0 Å². The van der Waals surface area contributed by atoms with Crippen molar-refractivity contribution in [1.29, 1.82) is 0 Å². The summed E-state index contributed by atoms with van der Waals surface area (Å²) in [6.07, 6.45) is 0. The number of carboxylic acids is 2. The number of nitrogens with zero attached hydrogens (tertiary/aromatic N) is 3. The smallest absolute Gasteiger partial charge is 0.317 e. The maximum Gasteiger partial charge on any atom is 0.317 e. The van der Waals surface area contributed by atoms with E-state index in [0.29, 0.717) is 32.8 Å². The van der Waals surface area contributed by atoms with Gasteiger partial charge in [-0.3, -0.25) is 24.2 Å². The number of hydrogen-bond donors (Lipinski definition) is 3. The molecule has 3 N–H and O–H groups in total. The SMILES string of the molecule is O=CO.[BH]C1CN(CC(=O)O)CCN(CC)CCOCCN1CC(=O)O. The number of hydrogen-bond acceptors (Lipinski definition) is 7. The Kier molecular flexibility index (Phi) is 13.5. The summed E-state index contributed by atoms with van der Waals surface area (Å²) in [6.45, 7) is 6.53. The van der Waals surface area contributed by atoms with Crippen molar-refractivity contribution in [2.75, 3.05) is 65.6 Å². The van der Waals surface area contributed by atoms with Crippen molar-refractivity contribution in [2.24, 2.45) is 0 Å². The summed E-state index contributed by atoms with van der Waals surface area (Å²) in [7, 11) is 4.02. The molecule has 1 aliphatic heterocycles. The van der Waals surface area contributed by atoms with Crippen molar-refractivity contribution in [3.05, 3.63) is 0 Å². The first kappa shape index (κ1) is 24.3. The highest BCUT2D eigenvalue weighted by atomic mass is 16.5. The average molecular weight is 374 g/mol. The van der Waals surface area contributed by atoms with Gasteiger partial charge in [-0.25, -0.2) is 0 Å². The van der Waals surface area contributed by atoms with E-state index >= 15 is 0 Å². The van der Waals surface area contributed by atoms with Gasteiger partial charge in [0.15, 0.2) is 0 Å². The molecule has 1 atom stereocenters. The van der Waals surface area contributed by atoms with E-state index in [0.717, 1.165) is 19.6 Å². The average Bonchev–Trinajstić information content (AvgIpc) is 2.54. The summed E-state index contributed by atoms with van der Waals surface area (Å²) in [4.78, 5) is 36.2. The van der Waals surface area contributed by atoms with E-state index in [9.17, 15) is 9.59 Å². The molecule has 0 bridgehead atoms. The lowest BCUT2D eigenvalue weighted by Crippen LogP contribution is -2.50. The summed E-state index contributed by atoms with van der Waals surface area (Å²) < 4.78 is 5.58. The third-order valence-electron chi connectivity index (χ3n) is 3.94. The zero-order valence-corrected chi connectivity index (χ0v) is 15.2. The Balaban J connectivity index is 0.00000194. The predicted octanol–water partition coefficient (Wildman–Crippen LogP) is -1.96. The molecule has 0 aromatic carbocycles. The largest absolute Gasteiger partial charge is 0.483 e. The third kappa shape index (κ3) is 11.8. The van der Waals surface area contributed by atoms with E-state index in [2.05, 4.69) is 19.7 Å². The summed E-state index contributed by atoms with van der Waals surface area (Å²) in [5.74, 6) is -2.11. The maximum absolute atomic E-state index is 11.1. The fourth-order valence-electron chi connectivity index (χ4n) is 2.59. The second kappa shape index (κ2) is 14.5. The van der Waals surface area contributed by atoms with E-state index in [1.54, 1.807) is 4.90 Å². The van der Waals surface area contributed by atoms with E-state index < -0.39 is 11.9 Å². The Morgan fingerprint density at radius 1 is 1.08 bits per heavy atom. The minimum atomic E-state index is -0.923. The van der Waals surface area contributed by atoms with E-state index in [-0.39, 0.29) is 25.5 Å². The number of aliphatic carboxylic acids is 2. The molecule has 0 aliphatic carbocycles. The van der Waals surface area contributed by atoms with Gasteiger partial charge < -0.3 is 25.0 Å². The lowest BCUT2D eigenvalue weighted by atomic mass is 9.93. The lowest BCUT2D eigenvalue weighted by Gasteiger charge is -2.34. The molecule has 149 valence electrons. The van der Waals surface area contributed by atoms with Crippen LogP contribution in [0.1, 0.15) is 6.92 Å². The molecule has 1 rings (SSSR count). The standard InChI is InChI=1S/C14H27BN3O5.CH2O2/c1-2-16-3-4-17(10-13(19)20)9-12(15)18(11-14(21)22)6-8-23-7-5-16;2-1-3/h12,15H,2-11H2,1H3,(H,19,20)(H,21,22);1H,(H,2,3). The molecule has 10 nitrogen and oxygen atoms in total. The molecule has 0 amide bonds.